The Balaban J connectivity index is 2.06. The van der Waals surface area contributed by atoms with Gasteiger partial charge in [-0.3, -0.25) is 0 Å². The number of hydrogen-bond acceptors (Lipinski definition) is 1. The van der Waals surface area contributed by atoms with Crippen molar-refractivity contribution in [3.63, 3.8) is 0 Å². The van der Waals surface area contributed by atoms with E-state index < -0.39 is 0 Å². The Kier molecular flexibility index (Phi) is 4.76. The predicted octanol–water partition coefficient (Wildman–Crippen LogP) is 3.84. The summed E-state index contributed by atoms with van der Waals surface area (Å²) in [4.78, 5) is 0. The van der Waals surface area contributed by atoms with Gasteiger partial charge >= 0.3 is 0 Å². The molecule has 0 spiro atoms. The first-order valence-corrected chi connectivity index (χ1v) is 7.13. The Morgan fingerprint density at radius 1 is 1.28 bits per heavy atom. The Bertz CT molecular complexity index is 383. The Labute approximate surface area is 110 Å². The predicted molar refractivity (Wildman–Crippen MR) is 74.3 cm³/mol. The number of aryl methyl sites for hydroxylation is 1. The first-order valence-electron chi connectivity index (χ1n) is 7.13. The Morgan fingerprint density at radius 3 is 2.67 bits per heavy atom. The molecule has 1 aliphatic carbocycles. The molecule has 1 aliphatic rings. The van der Waals surface area contributed by atoms with Crippen molar-refractivity contribution in [2.45, 2.75) is 51.5 Å². The highest BCUT2D eigenvalue weighted by Gasteiger charge is 2.23. The maximum atomic E-state index is 13.3. The number of halogens is 1. The molecule has 1 unspecified atom stereocenters. The van der Waals surface area contributed by atoms with E-state index >= 15 is 0 Å². The van der Waals surface area contributed by atoms with E-state index in [4.69, 9.17) is 0 Å². The normalized spacial score (nSPS) is 18.8. The van der Waals surface area contributed by atoms with Gasteiger partial charge in [-0.05, 0) is 62.4 Å². The van der Waals surface area contributed by atoms with Gasteiger partial charge in [-0.25, -0.2) is 4.39 Å². The minimum absolute atomic E-state index is 0.117. The lowest BCUT2D eigenvalue weighted by molar-refractivity contribution is 0.276. The molecule has 2 rings (SSSR count). The van der Waals surface area contributed by atoms with Gasteiger partial charge in [0.2, 0.25) is 0 Å². The van der Waals surface area contributed by atoms with Crippen molar-refractivity contribution >= 4 is 0 Å². The highest BCUT2D eigenvalue weighted by atomic mass is 19.1. The van der Waals surface area contributed by atoms with Crippen LogP contribution in [0.4, 0.5) is 4.39 Å². The van der Waals surface area contributed by atoms with Crippen LogP contribution in [0.5, 0.6) is 0 Å². The number of nitrogens with one attached hydrogen (secondary N) is 1. The van der Waals surface area contributed by atoms with Crippen LogP contribution < -0.4 is 5.32 Å². The van der Waals surface area contributed by atoms with Crippen LogP contribution in [-0.2, 0) is 6.42 Å². The summed E-state index contributed by atoms with van der Waals surface area (Å²) in [6, 6.07) is 5.62. The van der Waals surface area contributed by atoms with Crippen molar-refractivity contribution < 1.29 is 4.39 Å². The molecule has 0 aromatic heterocycles. The summed E-state index contributed by atoms with van der Waals surface area (Å²) >= 11 is 0. The molecule has 0 saturated heterocycles. The van der Waals surface area contributed by atoms with Crippen LogP contribution in [0.25, 0.3) is 0 Å². The molecule has 0 amide bonds. The van der Waals surface area contributed by atoms with Crippen molar-refractivity contribution in [1.82, 2.24) is 5.32 Å². The molecule has 18 heavy (non-hydrogen) atoms. The van der Waals surface area contributed by atoms with Crippen molar-refractivity contribution in [3.05, 3.63) is 35.1 Å². The third-order valence-electron chi connectivity index (χ3n) is 4.34. The van der Waals surface area contributed by atoms with E-state index in [2.05, 4.69) is 12.2 Å². The largest absolute Gasteiger partial charge is 0.316 e. The smallest absolute Gasteiger partial charge is 0.123 e. The van der Waals surface area contributed by atoms with Crippen LogP contribution in [-0.4, -0.2) is 13.1 Å². The van der Waals surface area contributed by atoms with Gasteiger partial charge in [0.15, 0.2) is 0 Å². The lowest BCUT2D eigenvalue weighted by atomic mass is 9.81. The second kappa shape index (κ2) is 6.33. The summed E-state index contributed by atoms with van der Waals surface area (Å²) in [5.41, 5.74) is 2.35. The van der Waals surface area contributed by atoms with Crippen LogP contribution in [0.15, 0.2) is 18.2 Å². The second-order valence-electron chi connectivity index (χ2n) is 5.57. The molecule has 1 atom stereocenters. The molecule has 100 valence electrons. The molecule has 0 aliphatic heterocycles. The molecule has 1 saturated carbocycles. The summed E-state index contributed by atoms with van der Waals surface area (Å²) in [5, 5.41) is 3.44. The van der Waals surface area contributed by atoms with Crippen LogP contribution >= 0.6 is 0 Å². The molecule has 1 nitrogen and oxygen atoms in total. The molecule has 0 heterocycles. The average molecular weight is 249 g/mol. The van der Waals surface area contributed by atoms with Crippen LogP contribution in [0, 0.1) is 18.7 Å². The maximum absolute atomic E-state index is 13.3. The lowest BCUT2D eigenvalue weighted by Crippen LogP contribution is -2.36. The van der Waals surface area contributed by atoms with Crippen LogP contribution in [0.2, 0.25) is 0 Å². The molecule has 0 radical (unpaired) electrons. The van der Waals surface area contributed by atoms with E-state index in [-0.39, 0.29) is 5.82 Å². The summed E-state index contributed by atoms with van der Waals surface area (Å²) in [6.45, 7) is 2.07. The number of hydrogen-bond donors (Lipinski definition) is 1. The summed E-state index contributed by atoms with van der Waals surface area (Å²) < 4.78 is 13.3. The lowest BCUT2D eigenvalue weighted by Gasteiger charge is -2.30. The fraction of sp³-hybridized carbons (Fsp3) is 0.625. The third-order valence-corrected chi connectivity index (χ3v) is 4.34. The number of likely N-dealkylation sites (N-methyl/N-ethyl adjacent to an activating group) is 1. The second-order valence-corrected chi connectivity index (χ2v) is 5.57. The number of benzene rings is 1. The zero-order valence-electron chi connectivity index (χ0n) is 11.5. The molecule has 0 bridgehead atoms. The Hall–Kier alpha value is -0.890. The van der Waals surface area contributed by atoms with E-state index in [0.717, 1.165) is 17.9 Å². The fourth-order valence-corrected chi connectivity index (χ4v) is 3.14. The van der Waals surface area contributed by atoms with E-state index in [1.165, 1.54) is 37.7 Å². The standard InChI is InChI=1S/C16H24FN/c1-12-8-9-15(17)10-14(12)11-16(18-2)13-6-4-3-5-7-13/h8-10,13,16,18H,3-7,11H2,1-2H3. The average Bonchev–Trinajstić information content (AvgIpc) is 2.41. The van der Waals surface area contributed by atoms with Gasteiger partial charge in [-0.2, -0.15) is 0 Å². The van der Waals surface area contributed by atoms with E-state index in [0.29, 0.717) is 6.04 Å². The van der Waals surface area contributed by atoms with Gasteiger partial charge in [-0.15, -0.1) is 0 Å². The Morgan fingerprint density at radius 2 is 2.00 bits per heavy atom. The zero-order valence-corrected chi connectivity index (χ0v) is 11.5. The van der Waals surface area contributed by atoms with E-state index in [9.17, 15) is 4.39 Å². The van der Waals surface area contributed by atoms with E-state index in [1.807, 2.05) is 13.1 Å². The first-order chi connectivity index (χ1) is 8.70. The van der Waals surface area contributed by atoms with Gasteiger partial charge in [0.1, 0.15) is 5.82 Å². The molecule has 1 N–H and O–H groups in total. The summed E-state index contributed by atoms with van der Waals surface area (Å²) in [6.07, 6.45) is 7.67. The molecular formula is C16H24FN. The topological polar surface area (TPSA) is 12.0 Å². The van der Waals surface area contributed by atoms with Crippen LogP contribution in [0.3, 0.4) is 0 Å². The van der Waals surface area contributed by atoms with E-state index in [1.54, 1.807) is 12.1 Å². The zero-order chi connectivity index (χ0) is 13.0. The van der Waals surface area contributed by atoms with Crippen molar-refractivity contribution in [2.75, 3.05) is 7.05 Å². The quantitative estimate of drug-likeness (QED) is 0.854. The van der Waals surface area contributed by atoms with Crippen molar-refractivity contribution in [2.24, 2.45) is 5.92 Å². The third kappa shape index (κ3) is 3.32. The van der Waals surface area contributed by atoms with Gasteiger partial charge in [0.05, 0.1) is 0 Å². The maximum Gasteiger partial charge on any atom is 0.123 e. The summed E-state index contributed by atoms with van der Waals surface area (Å²) in [7, 11) is 2.04. The van der Waals surface area contributed by atoms with Crippen LogP contribution in [0.1, 0.15) is 43.2 Å². The minimum Gasteiger partial charge on any atom is -0.316 e. The highest BCUT2D eigenvalue weighted by Crippen LogP contribution is 2.28. The van der Waals surface area contributed by atoms with Gasteiger partial charge in [0, 0.05) is 6.04 Å². The number of rotatable bonds is 4. The summed E-state index contributed by atoms with van der Waals surface area (Å²) in [5.74, 6) is 0.639. The highest BCUT2D eigenvalue weighted by molar-refractivity contribution is 5.27. The monoisotopic (exact) mass is 249 g/mol. The molecule has 1 fully saturated rings. The van der Waals surface area contributed by atoms with Gasteiger partial charge in [-0.1, -0.05) is 25.3 Å². The van der Waals surface area contributed by atoms with Crippen molar-refractivity contribution in [3.8, 4) is 0 Å². The van der Waals surface area contributed by atoms with Gasteiger partial charge in [0.25, 0.3) is 0 Å². The minimum atomic E-state index is -0.117. The SMILES string of the molecule is CNC(Cc1cc(F)ccc1C)C1CCCCC1. The van der Waals surface area contributed by atoms with Gasteiger partial charge < -0.3 is 5.32 Å². The van der Waals surface area contributed by atoms with Crippen molar-refractivity contribution in [1.29, 1.82) is 0 Å². The molecular weight excluding hydrogens is 225 g/mol. The fourth-order valence-electron chi connectivity index (χ4n) is 3.14. The molecule has 1 aromatic rings. The molecule has 2 heteroatoms. The first kappa shape index (κ1) is 13.5. The molecule has 1 aromatic carbocycles.